The number of nitrogens with zero attached hydrogens (tertiary/aromatic N) is 1. The molecule has 1 aliphatic rings. The van der Waals surface area contributed by atoms with Crippen LogP contribution in [0, 0.1) is 6.92 Å². The zero-order valence-corrected chi connectivity index (χ0v) is 15.0. The van der Waals surface area contributed by atoms with E-state index in [2.05, 4.69) is 5.32 Å². The second-order valence-corrected chi connectivity index (χ2v) is 6.76. The van der Waals surface area contributed by atoms with Crippen LogP contribution in [0.15, 0.2) is 47.1 Å². The second kappa shape index (κ2) is 8.19. The summed E-state index contributed by atoms with van der Waals surface area (Å²) in [7, 11) is 0. The Labute approximate surface area is 153 Å². The first kappa shape index (κ1) is 18.2. The van der Waals surface area contributed by atoms with Crippen LogP contribution < -0.4 is 11.1 Å². The van der Waals surface area contributed by atoms with Crippen molar-refractivity contribution >= 4 is 11.8 Å². The SMILES string of the molecule is Cc1occc1C(=O)NC1CCN(C(=O)[C@@H](N)Cc2ccccc2)CC1. The van der Waals surface area contributed by atoms with Gasteiger partial charge in [0.1, 0.15) is 5.76 Å². The van der Waals surface area contributed by atoms with Crippen LogP contribution in [-0.4, -0.2) is 41.9 Å². The average molecular weight is 355 g/mol. The van der Waals surface area contributed by atoms with Crippen molar-refractivity contribution in [2.24, 2.45) is 5.73 Å². The molecular formula is C20H25N3O3. The lowest BCUT2D eigenvalue weighted by molar-refractivity contribution is -0.133. The fourth-order valence-electron chi connectivity index (χ4n) is 3.32. The first-order chi connectivity index (χ1) is 12.5. The Morgan fingerprint density at radius 3 is 2.54 bits per heavy atom. The number of furan rings is 1. The van der Waals surface area contributed by atoms with Crippen molar-refractivity contribution < 1.29 is 14.0 Å². The molecule has 0 saturated carbocycles. The van der Waals surface area contributed by atoms with E-state index in [1.807, 2.05) is 30.3 Å². The van der Waals surface area contributed by atoms with E-state index < -0.39 is 6.04 Å². The molecular weight excluding hydrogens is 330 g/mol. The predicted octanol–water partition coefficient (Wildman–Crippen LogP) is 1.88. The van der Waals surface area contributed by atoms with Crippen LogP contribution in [0.3, 0.4) is 0 Å². The highest BCUT2D eigenvalue weighted by Gasteiger charge is 2.27. The van der Waals surface area contributed by atoms with Gasteiger partial charge in [0.2, 0.25) is 5.91 Å². The van der Waals surface area contributed by atoms with Crippen LogP contribution in [0.2, 0.25) is 0 Å². The van der Waals surface area contributed by atoms with Crippen molar-refractivity contribution in [3.8, 4) is 0 Å². The summed E-state index contributed by atoms with van der Waals surface area (Å²) in [6.45, 7) is 2.98. The maximum atomic E-state index is 12.6. The predicted molar refractivity (Wildman–Crippen MR) is 98.6 cm³/mol. The summed E-state index contributed by atoms with van der Waals surface area (Å²) >= 11 is 0. The van der Waals surface area contributed by atoms with Gasteiger partial charge in [0.15, 0.2) is 0 Å². The molecule has 0 radical (unpaired) electrons. The Bertz CT molecular complexity index is 749. The van der Waals surface area contributed by atoms with E-state index in [4.69, 9.17) is 10.2 Å². The van der Waals surface area contributed by atoms with Gasteiger partial charge < -0.3 is 20.4 Å². The van der Waals surface area contributed by atoms with Gasteiger partial charge in [0.05, 0.1) is 17.9 Å². The fraction of sp³-hybridized carbons (Fsp3) is 0.400. The number of hydrogen-bond acceptors (Lipinski definition) is 4. The number of carbonyl (C=O) groups excluding carboxylic acids is 2. The number of carbonyl (C=O) groups is 2. The van der Waals surface area contributed by atoms with Gasteiger partial charge >= 0.3 is 0 Å². The van der Waals surface area contributed by atoms with Crippen molar-refractivity contribution in [2.45, 2.75) is 38.3 Å². The van der Waals surface area contributed by atoms with E-state index in [1.165, 1.54) is 6.26 Å². The van der Waals surface area contributed by atoms with E-state index in [0.29, 0.717) is 30.8 Å². The number of piperidine rings is 1. The highest BCUT2D eigenvalue weighted by molar-refractivity contribution is 5.95. The molecule has 1 saturated heterocycles. The maximum absolute atomic E-state index is 12.6. The zero-order valence-electron chi connectivity index (χ0n) is 15.0. The van der Waals surface area contributed by atoms with Crippen LogP contribution in [0.5, 0.6) is 0 Å². The first-order valence-corrected chi connectivity index (χ1v) is 8.98. The van der Waals surface area contributed by atoms with Gasteiger partial charge in [0.25, 0.3) is 5.91 Å². The third-order valence-electron chi connectivity index (χ3n) is 4.86. The Kier molecular flexibility index (Phi) is 5.73. The molecule has 138 valence electrons. The summed E-state index contributed by atoms with van der Waals surface area (Å²) in [5.41, 5.74) is 7.73. The largest absolute Gasteiger partial charge is 0.469 e. The molecule has 1 aliphatic heterocycles. The number of likely N-dealkylation sites (tertiary alicyclic amines) is 1. The van der Waals surface area contributed by atoms with Gasteiger partial charge in [-0.25, -0.2) is 0 Å². The minimum Gasteiger partial charge on any atom is -0.469 e. The molecule has 0 bridgehead atoms. The van der Waals surface area contributed by atoms with Crippen molar-refractivity contribution in [3.05, 3.63) is 59.5 Å². The highest BCUT2D eigenvalue weighted by Crippen LogP contribution is 2.15. The Morgan fingerprint density at radius 2 is 1.92 bits per heavy atom. The van der Waals surface area contributed by atoms with Crippen LogP contribution in [-0.2, 0) is 11.2 Å². The minimum atomic E-state index is -0.530. The Balaban J connectivity index is 1.48. The molecule has 6 heteroatoms. The fourth-order valence-corrected chi connectivity index (χ4v) is 3.32. The molecule has 2 heterocycles. The van der Waals surface area contributed by atoms with Gasteiger partial charge in [-0.15, -0.1) is 0 Å². The Hall–Kier alpha value is -2.60. The smallest absolute Gasteiger partial charge is 0.255 e. The van der Waals surface area contributed by atoms with Crippen molar-refractivity contribution in [1.82, 2.24) is 10.2 Å². The molecule has 6 nitrogen and oxygen atoms in total. The summed E-state index contributed by atoms with van der Waals surface area (Å²) in [5.74, 6) is 0.466. The van der Waals surface area contributed by atoms with Crippen LogP contribution in [0.25, 0.3) is 0 Å². The minimum absolute atomic E-state index is 0.0238. The van der Waals surface area contributed by atoms with Gasteiger partial charge in [-0.1, -0.05) is 30.3 Å². The molecule has 0 aliphatic carbocycles. The van der Waals surface area contributed by atoms with Crippen LogP contribution in [0.1, 0.15) is 34.5 Å². The van der Waals surface area contributed by atoms with Crippen molar-refractivity contribution in [2.75, 3.05) is 13.1 Å². The van der Waals surface area contributed by atoms with E-state index in [1.54, 1.807) is 17.9 Å². The number of benzene rings is 1. The molecule has 3 rings (SSSR count). The normalized spacial score (nSPS) is 16.3. The van der Waals surface area contributed by atoms with Gasteiger partial charge in [-0.3, -0.25) is 9.59 Å². The molecule has 3 N–H and O–H groups in total. The molecule has 0 unspecified atom stereocenters. The molecule has 0 spiro atoms. The lowest BCUT2D eigenvalue weighted by atomic mass is 10.0. The second-order valence-electron chi connectivity index (χ2n) is 6.76. The van der Waals surface area contributed by atoms with Gasteiger partial charge in [0, 0.05) is 19.1 Å². The lowest BCUT2D eigenvalue weighted by Gasteiger charge is -2.33. The van der Waals surface area contributed by atoms with Gasteiger partial charge in [-0.05, 0) is 37.8 Å². The zero-order chi connectivity index (χ0) is 18.5. The summed E-state index contributed by atoms with van der Waals surface area (Å²) in [6.07, 6.45) is 3.51. The molecule has 2 amide bonds. The molecule has 1 fully saturated rings. The molecule has 1 aromatic carbocycles. The summed E-state index contributed by atoms with van der Waals surface area (Å²) in [6, 6.07) is 11.0. The van der Waals surface area contributed by atoms with Crippen molar-refractivity contribution in [3.63, 3.8) is 0 Å². The quantitative estimate of drug-likeness (QED) is 0.857. The molecule has 26 heavy (non-hydrogen) atoms. The molecule has 1 aromatic heterocycles. The Morgan fingerprint density at radius 1 is 1.23 bits per heavy atom. The lowest BCUT2D eigenvalue weighted by Crippen LogP contribution is -2.51. The highest BCUT2D eigenvalue weighted by atomic mass is 16.3. The van der Waals surface area contributed by atoms with Crippen LogP contribution >= 0.6 is 0 Å². The number of nitrogens with one attached hydrogen (secondary N) is 1. The van der Waals surface area contributed by atoms with Crippen LogP contribution in [0.4, 0.5) is 0 Å². The van der Waals surface area contributed by atoms with E-state index in [9.17, 15) is 9.59 Å². The summed E-state index contributed by atoms with van der Waals surface area (Å²) in [5, 5.41) is 3.02. The molecule has 2 aromatic rings. The number of amides is 2. The van der Waals surface area contributed by atoms with E-state index in [-0.39, 0.29) is 17.9 Å². The standard InChI is InChI=1S/C20H25N3O3/c1-14-17(9-12-26-14)19(24)22-16-7-10-23(11-8-16)20(25)18(21)13-15-5-3-2-4-6-15/h2-6,9,12,16,18H,7-8,10-11,13,21H2,1H3,(H,22,24)/t18-/m0/s1. The number of aryl methyl sites for hydroxylation is 1. The van der Waals surface area contributed by atoms with E-state index in [0.717, 1.165) is 18.4 Å². The topological polar surface area (TPSA) is 88.6 Å². The first-order valence-electron chi connectivity index (χ1n) is 8.98. The molecule has 1 atom stereocenters. The maximum Gasteiger partial charge on any atom is 0.255 e. The number of hydrogen-bond donors (Lipinski definition) is 2. The summed E-state index contributed by atoms with van der Waals surface area (Å²) < 4.78 is 5.17. The summed E-state index contributed by atoms with van der Waals surface area (Å²) in [4.78, 5) is 26.6. The number of nitrogens with two attached hydrogens (primary N) is 1. The average Bonchev–Trinajstić information content (AvgIpc) is 3.08. The van der Waals surface area contributed by atoms with Gasteiger partial charge in [-0.2, -0.15) is 0 Å². The third-order valence-corrected chi connectivity index (χ3v) is 4.86. The number of rotatable bonds is 5. The van der Waals surface area contributed by atoms with Crippen molar-refractivity contribution in [1.29, 1.82) is 0 Å². The van der Waals surface area contributed by atoms with E-state index >= 15 is 0 Å². The monoisotopic (exact) mass is 355 g/mol. The third kappa shape index (κ3) is 4.32.